The van der Waals surface area contributed by atoms with Crippen LogP contribution >= 0.6 is 23.2 Å². The normalized spacial score (nSPS) is 17.8. The van der Waals surface area contributed by atoms with Gasteiger partial charge in [-0.05, 0) is 65.9 Å². The van der Waals surface area contributed by atoms with Crippen molar-refractivity contribution >= 4 is 29.1 Å². The molecule has 5 rings (SSSR count). The highest BCUT2D eigenvalue weighted by atomic mass is 35.5. The first-order valence-electron chi connectivity index (χ1n) is 13.3. The SMILES string of the molecule is CN(C(=O)[C@H](c1cc(F)cc(F)c1)C1CN(C(c2ccc(Cl)cc2)c2ccc(Cl)cc2)C1)C1CCCCC1. The van der Waals surface area contributed by atoms with E-state index in [1.165, 1.54) is 18.6 Å². The van der Waals surface area contributed by atoms with Gasteiger partial charge in [0.25, 0.3) is 0 Å². The number of hydrogen-bond donors (Lipinski definition) is 0. The maximum atomic E-state index is 14.3. The molecule has 1 heterocycles. The van der Waals surface area contributed by atoms with Crippen LogP contribution in [0, 0.1) is 17.6 Å². The van der Waals surface area contributed by atoms with Gasteiger partial charge in [-0.1, -0.05) is 66.7 Å². The van der Waals surface area contributed by atoms with Crippen LogP contribution in [0.1, 0.15) is 60.8 Å². The largest absolute Gasteiger partial charge is 0.342 e. The van der Waals surface area contributed by atoms with E-state index in [1.807, 2.05) is 60.5 Å². The van der Waals surface area contributed by atoms with E-state index in [9.17, 15) is 13.6 Å². The molecule has 1 amide bonds. The number of halogens is 4. The molecular weight excluding hydrogens is 525 g/mol. The van der Waals surface area contributed by atoms with Gasteiger partial charge in [-0.15, -0.1) is 0 Å². The van der Waals surface area contributed by atoms with E-state index in [0.717, 1.165) is 42.9 Å². The van der Waals surface area contributed by atoms with Crippen molar-refractivity contribution in [2.45, 2.75) is 50.1 Å². The molecule has 38 heavy (non-hydrogen) atoms. The van der Waals surface area contributed by atoms with Crippen LogP contribution < -0.4 is 0 Å². The number of rotatable bonds is 7. The van der Waals surface area contributed by atoms with Crippen LogP contribution in [0.15, 0.2) is 66.7 Å². The average molecular weight is 558 g/mol. The van der Waals surface area contributed by atoms with E-state index in [1.54, 1.807) is 0 Å². The number of likely N-dealkylation sites (N-methyl/N-ethyl adjacent to an activating group) is 1. The highest BCUT2D eigenvalue weighted by Crippen LogP contribution is 2.41. The first-order valence-corrected chi connectivity index (χ1v) is 14.0. The molecular formula is C31H32Cl2F2N2O. The summed E-state index contributed by atoms with van der Waals surface area (Å²) in [6.07, 6.45) is 5.33. The molecule has 2 aliphatic rings. The summed E-state index contributed by atoms with van der Waals surface area (Å²) in [5.74, 6) is -2.05. The minimum Gasteiger partial charge on any atom is -0.342 e. The van der Waals surface area contributed by atoms with Gasteiger partial charge in [0.15, 0.2) is 0 Å². The number of benzene rings is 3. The molecule has 0 radical (unpaired) electrons. The molecule has 0 unspecified atom stereocenters. The molecule has 1 aliphatic heterocycles. The second-order valence-electron chi connectivity index (χ2n) is 10.6. The number of carbonyl (C=O) groups is 1. The summed E-state index contributed by atoms with van der Waals surface area (Å²) >= 11 is 12.3. The molecule has 0 aromatic heterocycles. The minimum absolute atomic E-state index is 0.0546. The van der Waals surface area contributed by atoms with Crippen molar-refractivity contribution in [3.05, 3.63) is 105 Å². The molecule has 1 saturated carbocycles. The maximum Gasteiger partial charge on any atom is 0.230 e. The Morgan fingerprint density at radius 2 is 1.32 bits per heavy atom. The Labute approximate surface area is 233 Å². The average Bonchev–Trinajstić information content (AvgIpc) is 2.88. The molecule has 0 bridgehead atoms. The zero-order valence-electron chi connectivity index (χ0n) is 21.4. The number of amides is 1. The molecule has 3 nitrogen and oxygen atoms in total. The Kier molecular flexibility index (Phi) is 8.37. The quantitative estimate of drug-likeness (QED) is 0.295. The lowest BCUT2D eigenvalue weighted by molar-refractivity contribution is -0.137. The third kappa shape index (κ3) is 5.90. The van der Waals surface area contributed by atoms with Gasteiger partial charge in [0, 0.05) is 48.2 Å². The predicted molar refractivity (Wildman–Crippen MR) is 149 cm³/mol. The molecule has 3 aromatic rings. The molecule has 7 heteroatoms. The second-order valence-corrected chi connectivity index (χ2v) is 11.5. The zero-order valence-corrected chi connectivity index (χ0v) is 22.9. The van der Waals surface area contributed by atoms with Crippen molar-refractivity contribution in [1.29, 1.82) is 0 Å². The fourth-order valence-electron chi connectivity index (χ4n) is 6.11. The monoisotopic (exact) mass is 556 g/mol. The summed E-state index contributed by atoms with van der Waals surface area (Å²) in [4.78, 5) is 18.1. The van der Waals surface area contributed by atoms with Crippen molar-refractivity contribution in [1.82, 2.24) is 9.80 Å². The number of likely N-dealkylation sites (tertiary alicyclic amines) is 1. The van der Waals surface area contributed by atoms with E-state index in [0.29, 0.717) is 28.7 Å². The highest BCUT2D eigenvalue weighted by Gasteiger charge is 2.43. The molecule has 1 saturated heterocycles. The van der Waals surface area contributed by atoms with E-state index in [4.69, 9.17) is 23.2 Å². The van der Waals surface area contributed by atoms with E-state index in [-0.39, 0.29) is 23.9 Å². The summed E-state index contributed by atoms with van der Waals surface area (Å²) in [5.41, 5.74) is 2.57. The van der Waals surface area contributed by atoms with Crippen molar-refractivity contribution in [2.75, 3.05) is 20.1 Å². The Bertz CT molecular complexity index is 1190. The summed E-state index contributed by atoms with van der Waals surface area (Å²) in [5, 5.41) is 1.32. The van der Waals surface area contributed by atoms with Crippen molar-refractivity contribution in [2.24, 2.45) is 5.92 Å². The van der Waals surface area contributed by atoms with Gasteiger partial charge in [0.1, 0.15) is 11.6 Å². The van der Waals surface area contributed by atoms with Gasteiger partial charge in [-0.25, -0.2) is 8.78 Å². The Morgan fingerprint density at radius 3 is 1.82 bits per heavy atom. The van der Waals surface area contributed by atoms with Crippen molar-refractivity contribution in [3.8, 4) is 0 Å². The molecule has 0 spiro atoms. The maximum absolute atomic E-state index is 14.3. The third-order valence-corrected chi connectivity index (χ3v) is 8.63. The van der Waals surface area contributed by atoms with E-state index < -0.39 is 17.6 Å². The van der Waals surface area contributed by atoms with Crippen LogP contribution in [0.4, 0.5) is 8.78 Å². The lowest BCUT2D eigenvalue weighted by atomic mass is 9.77. The lowest BCUT2D eigenvalue weighted by Crippen LogP contribution is -2.54. The van der Waals surface area contributed by atoms with Gasteiger partial charge in [-0.2, -0.15) is 0 Å². The predicted octanol–water partition coefficient (Wildman–Crippen LogP) is 7.87. The molecule has 2 fully saturated rings. The molecule has 1 atom stereocenters. The summed E-state index contributed by atoms with van der Waals surface area (Å²) in [7, 11) is 1.85. The highest BCUT2D eigenvalue weighted by molar-refractivity contribution is 6.30. The Balaban J connectivity index is 1.43. The molecule has 200 valence electrons. The molecule has 1 aliphatic carbocycles. The van der Waals surface area contributed by atoms with Crippen LogP contribution in [0.25, 0.3) is 0 Å². The van der Waals surface area contributed by atoms with Gasteiger partial charge < -0.3 is 4.90 Å². The van der Waals surface area contributed by atoms with E-state index >= 15 is 0 Å². The zero-order chi connectivity index (χ0) is 26.8. The van der Waals surface area contributed by atoms with Crippen LogP contribution in [0.3, 0.4) is 0 Å². The van der Waals surface area contributed by atoms with Crippen LogP contribution in [-0.4, -0.2) is 41.9 Å². The number of nitrogens with zero attached hydrogens (tertiary/aromatic N) is 2. The lowest BCUT2D eigenvalue weighted by Gasteiger charge is -2.48. The van der Waals surface area contributed by atoms with Crippen LogP contribution in [-0.2, 0) is 4.79 Å². The summed E-state index contributed by atoms with van der Waals surface area (Å²) in [6, 6.07) is 19.1. The van der Waals surface area contributed by atoms with Crippen molar-refractivity contribution < 1.29 is 13.6 Å². The van der Waals surface area contributed by atoms with Crippen LogP contribution in [0.5, 0.6) is 0 Å². The van der Waals surface area contributed by atoms with Gasteiger partial charge >= 0.3 is 0 Å². The first-order chi connectivity index (χ1) is 18.3. The second kappa shape index (κ2) is 11.7. The Hall–Kier alpha value is -2.47. The van der Waals surface area contributed by atoms with Crippen molar-refractivity contribution in [3.63, 3.8) is 0 Å². The van der Waals surface area contributed by atoms with Gasteiger partial charge in [0.2, 0.25) is 5.91 Å². The number of hydrogen-bond acceptors (Lipinski definition) is 2. The third-order valence-electron chi connectivity index (χ3n) is 8.13. The molecule has 0 N–H and O–H groups in total. The fraction of sp³-hybridized carbons (Fsp3) is 0.387. The molecule has 3 aromatic carbocycles. The minimum atomic E-state index is -0.658. The van der Waals surface area contributed by atoms with E-state index in [2.05, 4.69) is 4.90 Å². The first kappa shape index (κ1) is 27.1. The van der Waals surface area contributed by atoms with Gasteiger partial charge in [0.05, 0.1) is 12.0 Å². The topological polar surface area (TPSA) is 23.6 Å². The van der Waals surface area contributed by atoms with Crippen LogP contribution in [0.2, 0.25) is 10.0 Å². The standard InChI is InChI=1S/C31H32Cl2F2N2O/c1-36(28-5-3-2-4-6-28)31(38)29(22-15-26(34)17-27(35)16-22)23-18-37(19-23)30(20-7-11-24(32)12-8-20)21-9-13-25(33)14-10-21/h7-17,23,28-30H,2-6,18-19H2,1H3/t29-/m1/s1. The summed E-state index contributed by atoms with van der Waals surface area (Å²) in [6.45, 7) is 1.23. The Morgan fingerprint density at radius 1 is 0.816 bits per heavy atom. The smallest absolute Gasteiger partial charge is 0.230 e. The van der Waals surface area contributed by atoms with Gasteiger partial charge in [-0.3, -0.25) is 9.69 Å². The fourth-order valence-corrected chi connectivity index (χ4v) is 6.37. The number of carbonyl (C=O) groups excluding carboxylic acids is 1. The summed E-state index contributed by atoms with van der Waals surface area (Å²) < 4.78 is 28.6.